The summed E-state index contributed by atoms with van der Waals surface area (Å²) in [6, 6.07) is 0.217. The van der Waals surface area contributed by atoms with Gasteiger partial charge in [-0.2, -0.15) is 0 Å². The van der Waals surface area contributed by atoms with Crippen molar-refractivity contribution in [2.75, 3.05) is 7.05 Å². The van der Waals surface area contributed by atoms with E-state index >= 15 is 0 Å². The zero-order valence-corrected chi connectivity index (χ0v) is 9.73. The van der Waals surface area contributed by atoms with Crippen LogP contribution < -0.4 is 15.7 Å². The van der Waals surface area contributed by atoms with E-state index in [0.717, 1.165) is 12.8 Å². The van der Waals surface area contributed by atoms with Gasteiger partial charge in [-0.05, 0) is 20.4 Å². The van der Waals surface area contributed by atoms with Gasteiger partial charge >= 0.3 is 0 Å². The number of hydrogen-bond donors (Lipinski definition) is 3. The third-order valence-electron chi connectivity index (χ3n) is 1.99. The molecule has 0 rings (SSSR count). The molecule has 0 amide bonds. The lowest BCUT2D eigenvalue weighted by atomic mass is 10.1. The molecular formula is C8H22N3OP. The smallest absolute Gasteiger partial charge is 0.271 e. The molecule has 4 nitrogen and oxygen atoms in total. The molecule has 0 radical (unpaired) electrons. The van der Waals surface area contributed by atoms with Crippen LogP contribution in [0.15, 0.2) is 0 Å². The Hall–Kier alpha value is 0.110. The van der Waals surface area contributed by atoms with Crippen molar-refractivity contribution in [3.05, 3.63) is 0 Å². The van der Waals surface area contributed by atoms with Crippen molar-refractivity contribution in [3.63, 3.8) is 0 Å². The Balaban J connectivity index is 3.61. The van der Waals surface area contributed by atoms with Gasteiger partial charge in [0, 0.05) is 6.04 Å². The minimum absolute atomic E-state index is 0.217. The van der Waals surface area contributed by atoms with E-state index in [1.165, 1.54) is 12.8 Å². The summed E-state index contributed by atoms with van der Waals surface area (Å²) in [6.07, 6.45) is 4.62. The molecule has 0 aliphatic carbocycles. The summed E-state index contributed by atoms with van der Waals surface area (Å²) in [5.41, 5.74) is 5.45. The van der Waals surface area contributed by atoms with Gasteiger partial charge in [0.1, 0.15) is 0 Å². The van der Waals surface area contributed by atoms with Crippen LogP contribution in [0, 0.1) is 0 Å². The van der Waals surface area contributed by atoms with Gasteiger partial charge in [-0.15, -0.1) is 0 Å². The van der Waals surface area contributed by atoms with Crippen molar-refractivity contribution in [1.29, 1.82) is 0 Å². The summed E-state index contributed by atoms with van der Waals surface area (Å²) in [4.78, 5) is 0. The molecule has 2 unspecified atom stereocenters. The van der Waals surface area contributed by atoms with E-state index in [9.17, 15) is 4.57 Å². The Labute approximate surface area is 81.2 Å². The van der Waals surface area contributed by atoms with E-state index in [0.29, 0.717) is 0 Å². The monoisotopic (exact) mass is 207 g/mol. The number of nitrogens with two attached hydrogens (primary N) is 1. The van der Waals surface area contributed by atoms with Crippen LogP contribution in [0.2, 0.25) is 0 Å². The highest BCUT2D eigenvalue weighted by molar-refractivity contribution is 7.57. The number of nitrogens with one attached hydrogen (secondary N) is 2. The fourth-order valence-corrected chi connectivity index (χ4v) is 2.07. The molecule has 5 heteroatoms. The second-order valence-electron chi connectivity index (χ2n) is 3.41. The summed E-state index contributed by atoms with van der Waals surface area (Å²) in [5, 5.41) is 5.47. The van der Waals surface area contributed by atoms with E-state index in [2.05, 4.69) is 17.1 Å². The van der Waals surface area contributed by atoms with E-state index in [1.807, 2.05) is 6.92 Å². The molecule has 0 aromatic heterocycles. The molecular weight excluding hydrogens is 185 g/mol. The molecule has 80 valence electrons. The fourth-order valence-electron chi connectivity index (χ4n) is 1.16. The van der Waals surface area contributed by atoms with Crippen LogP contribution in [0.4, 0.5) is 0 Å². The highest BCUT2D eigenvalue weighted by Crippen LogP contribution is 2.24. The van der Waals surface area contributed by atoms with Crippen molar-refractivity contribution in [2.24, 2.45) is 5.50 Å². The predicted octanol–water partition coefficient (Wildman–Crippen LogP) is 1.83. The largest absolute Gasteiger partial charge is 0.276 e. The first-order chi connectivity index (χ1) is 6.02. The van der Waals surface area contributed by atoms with Crippen LogP contribution in [0.25, 0.3) is 0 Å². The number of rotatable bonds is 7. The fraction of sp³-hybridized carbons (Fsp3) is 1.00. The van der Waals surface area contributed by atoms with Gasteiger partial charge in [-0.3, -0.25) is 10.1 Å². The van der Waals surface area contributed by atoms with Gasteiger partial charge in [0.05, 0.1) is 0 Å². The Bertz CT molecular complexity index is 175. The lowest BCUT2D eigenvalue weighted by molar-refractivity contribution is 0.518. The molecule has 0 heterocycles. The third-order valence-corrected chi connectivity index (χ3v) is 3.47. The average molecular weight is 207 g/mol. The van der Waals surface area contributed by atoms with Gasteiger partial charge < -0.3 is 0 Å². The molecule has 0 saturated carbocycles. The maximum absolute atomic E-state index is 11.4. The molecule has 0 bridgehead atoms. The average Bonchev–Trinajstić information content (AvgIpc) is 2.04. The summed E-state index contributed by atoms with van der Waals surface area (Å²) in [5.74, 6) is 0. The summed E-state index contributed by atoms with van der Waals surface area (Å²) in [6.45, 7) is 4.17. The molecule has 0 aliphatic heterocycles. The minimum Gasteiger partial charge on any atom is -0.271 e. The van der Waals surface area contributed by atoms with Crippen molar-refractivity contribution in [3.8, 4) is 0 Å². The zero-order valence-electron chi connectivity index (χ0n) is 8.84. The Morgan fingerprint density at radius 1 is 1.46 bits per heavy atom. The Morgan fingerprint density at radius 2 is 2.08 bits per heavy atom. The van der Waals surface area contributed by atoms with Crippen molar-refractivity contribution >= 4 is 7.59 Å². The maximum Gasteiger partial charge on any atom is 0.276 e. The molecule has 0 aromatic rings. The van der Waals surface area contributed by atoms with Crippen LogP contribution in [0.3, 0.4) is 0 Å². The van der Waals surface area contributed by atoms with E-state index < -0.39 is 7.59 Å². The highest BCUT2D eigenvalue weighted by Gasteiger charge is 2.14. The molecule has 4 N–H and O–H groups in total. The van der Waals surface area contributed by atoms with Crippen LogP contribution in [-0.4, -0.2) is 13.1 Å². The van der Waals surface area contributed by atoms with Crippen LogP contribution in [0.1, 0.15) is 39.5 Å². The minimum atomic E-state index is -2.78. The van der Waals surface area contributed by atoms with Crippen molar-refractivity contribution in [1.82, 2.24) is 10.2 Å². The van der Waals surface area contributed by atoms with Gasteiger partial charge in [0.25, 0.3) is 7.59 Å². The van der Waals surface area contributed by atoms with E-state index in [1.54, 1.807) is 7.05 Å². The topological polar surface area (TPSA) is 67.1 Å². The van der Waals surface area contributed by atoms with Gasteiger partial charge in [0.15, 0.2) is 0 Å². The second-order valence-corrected chi connectivity index (χ2v) is 5.43. The normalized spacial score (nSPS) is 18.2. The number of hydrogen-bond acceptors (Lipinski definition) is 1. The second kappa shape index (κ2) is 6.55. The Morgan fingerprint density at radius 3 is 2.54 bits per heavy atom. The molecule has 0 spiro atoms. The zero-order chi connectivity index (χ0) is 10.3. The molecule has 13 heavy (non-hydrogen) atoms. The molecule has 0 saturated heterocycles. The predicted molar refractivity (Wildman–Crippen MR) is 57.6 cm³/mol. The van der Waals surface area contributed by atoms with E-state index in [4.69, 9.17) is 5.50 Å². The standard InChI is InChI=1S/C8H22N3OP/c1-4-5-6-7-8(2)11-13(9,12)10-3/h8H,4-7H2,1-3H3,(H4,9,10,11,12). The van der Waals surface area contributed by atoms with Crippen LogP contribution in [0.5, 0.6) is 0 Å². The lowest BCUT2D eigenvalue weighted by Crippen LogP contribution is -2.32. The first-order valence-electron chi connectivity index (χ1n) is 4.87. The van der Waals surface area contributed by atoms with Crippen molar-refractivity contribution in [2.45, 2.75) is 45.6 Å². The first kappa shape index (κ1) is 13.1. The van der Waals surface area contributed by atoms with Gasteiger partial charge in [-0.25, -0.2) is 10.2 Å². The molecule has 0 fully saturated rings. The van der Waals surface area contributed by atoms with Crippen LogP contribution >= 0.6 is 7.59 Å². The molecule has 0 aliphatic rings. The first-order valence-corrected chi connectivity index (χ1v) is 6.65. The SMILES string of the molecule is CCCCCC(C)NP(N)(=O)NC. The summed E-state index contributed by atoms with van der Waals surface area (Å²) >= 11 is 0. The Kier molecular flexibility index (Phi) is 6.60. The van der Waals surface area contributed by atoms with Gasteiger partial charge in [-0.1, -0.05) is 26.2 Å². The van der Waals surface area contributed by atoms with E-state index in [-0.39, 0.29) is 6.04 Å². The summed E-state index contributed by atoms with van der Waals surface area (Å²) < 4.78 is 11.4. The quantitative estimate of drug-likeness (QED) is 0.440. The highest BCUT2D eigenvalue weighted by atomic mass is 31.2. The molecule has 0 aromatic carbocycles. The summed E-state index contributed by atoms with van der Waals surface area (Å²) in [7, 11) is -1.17. The lowest BCUT2D eigenvalue weighted by Gasteiger charge is -2.18. The van der Waals surface area contributed by atoms with Crippen LogP contribution in [-0.2, 0) is 4.57 Å². The molecule has 2 atom stereocenters. The number of unbranched alkanes of at least 4 members (excludes halogenated alkanes) is 2. The van der Waals surface area contributed by atoms with Gasteiger partial charge in [0.2, 0.25) is 0 Å². The maximum atomic E-state index is 11.4. The third kappa shape index (κ3) is 7.20. The van der Waals surface area contributed by atoms with Crippen molar-refractivity contribution < 1.29 is 4.57 Å².